The fraction of sp³-hybridized carbons (Fsp3) is 0.375. The van der Waals surface area contributed by atoms with Gasteiger partial charge in [-0.25, -0.2) is 14.5 Å². The van der Waals surface area contributed by atoms with Crippen LogP contribution in [0, 0.1) is 5.92 Å². The number of hydrogen-bond acceptors (Lipinski definition) is 4. The van der Waals surface area contributed by atoms with Gasteiger partial charge in [0.2, 0.25) is 5.91 Å². The molecule has 24 heavy (non-hydrogen) atoms. The number of primary amides is 1. The molecular weight excluding hydrogens is 308 g/mol. The topological polar surface area (TPSA) is 106 Å². The van der Waals surface area contributed by atoms with Gasteiger partial charge in [-0.15, -0.1) is 0 Å². The quantitative estimate of drug-likeness (QED) is 0.860. The summed E-state index contributed by atoms with van der Waals surface area (Å²) < 4.78 is 1.66. The molecular formula is C16H20N6O2. The summed E-state index contributed by atoms with van der Waals surface area (Å²) in [6, 6.07) is 5.07. The zero-order valence-electron chi connectivity index (χ0n) is 13.3. The van der Waals surface area contributed by atoms with Crippen molar-refractivity contribution in [3.63, 3.8) is 0 Å². The summed E-state index contributed by atoms with van der Waals surface area (Å²) in [6.07, 6.45) is 6.71. The predicted octanol–water partition coefficient (Wildman–Crippen LogP) is 0.674. The molecule has 8 nitrogen and oxygen atoms in total. The number of likely N-dealkylation sites (tertiary alicyclic amines) is 1. The summed E-state index contributed by atoms with van der Waals surface area (Å²) >= 11 is 0. The van der Waals surface area contributed by atoms with E-state index in [0.29, 0.717) is 25.5 Å². The zero-order chi connectivity index (χ0) is 16.9. The van der Waals surface area contributed by atoms with Crippen molar-refractivity contribution in [2.75, 3.05) is 13.1 Å². The fourth-order valence-electron chi connectivity index (χ4n) is 2.89. The van der Waals surface area contributed by atoms with Crippen molar-refractivity contribution < 1.29 is 9.59 Å². The number of amides is 3. The lowest BCUT2D eigenvalue weighted by Crippen LogP contribution is -2.47. The molecule has 0 spiro atoms. The van der Waals surface area contributed by atoms with E-state index in [0.717, 1.165) is 18.4 Å². The van der Waals surface area contributed by atoms with Gasteiger partial charge in [0.05, 0.1) is 5.92 Å². The van der Waals surface area contributed by atoms with Crippen LogP contribution < -0.4 is 11.1 Å². The fourth-order valence-corrected chi connectivity index (χ4v) is 2.89. The SMILES string of the molecule is NC(=O)N1CCC[C@H](C(=O)NCc2cccnc2-n2cccn2)C1. The molecule has 0 saturated carbocycles. The van der Waals surface area contributed by atoms with Gasteiger partial charge in [0, 0.05) is 43.8 Å². The van der Waals surface area contributed by atoms with Crippen LogP contribution in [0.4, 0.5) is 4.79 Å². The number of hydrogen-bond donors (Lipinski definition) is 2. The Morgan fingerprint density at radius 3 is 2.96 bits per heavy atom. The molecule has 2 aromatic rings. The molecule has 0 unspecified atom stereocenters. The van der Waals surface area contributed by atoms with Crippen LogP contribution in [-0.2, 0) is 11.3 Å². The second kappa shape index (κ2) is 7.12. The number of nitrogens with two attached hydrogens (primary N) is 1. The standard InChI is InChI=1S/C16H20N6O2/c17-16(24)21-8-2-5-13(11-21)15(23)19-10-12-4-1-6-18-14(12)22-9-3-7-20-22/h1,3-4,6-7,9,13H,2,5,8,10-11H2,(H2,17,24)(H,19,23)/t13-/m0/s1. The number of nitrogens with zero attached hydrogens (tertiary/aromatic N) is 4. The minimum atomic E-state index is -0.472. The monoisotopic (exact) mass is 328 g/mol. The smallest absolute Gasteiger partial charge is 0.314 e. The van der Waals surface area contributed by atoms with Gasteiger partial charge >= 0.3 is 6.03 Å². The second-order valence-corrected chi connectivity index (χ2v) is 5.78. The molecule has 1 aliphatic heterocycles. The first-order chi connectivity index (χ1) is 11.6. The first-order valence-electron chi connectivity index (χ1n) is 7.91. The molecule has 0 radical (unpaired) electrons. The van der Waals surface area contributed by atoms with Crippen molar-refractivity contribution in [3.8, 4) is 5.82 Å². The molecule has 1 atom stereocenters. The van der Waals surface area contributed by atoms with Crippen LogP contribution in [0.1, 0.15) is 18.4 Å². The third kappa shape index (κ3) is 3.53. The number of carbonyl (C=O) groups excluding carboxylic acids is 2. The Bertz CT molecular complexity index is 715. The van der Waals surface area contributed by atoms with Crippen LogP contribution >= 0.6 is 0 Å². The number of carbonyl (C=O) groups is 2. The van der Waals surface area contributed by atoms with Crippen molar-refractivity contribution >= 4 is 11.9 Å². The summed E-state index contributed by atoms with van der Waals surface area (Å²) in [5.74, 6) is 0.387. The molecule has 0 aliphatic carbocycles. The Labute approximate surface area is 139 Å². The third-order valence-corrected chi connectivity index (χ3v) is 4.15. The van der Waals surface area contributed by atoms with E-state index < -0.39 is 6.03 Å². The first kappa shape index (κ1) is 16.0. The van der Waals surface area contributed by atoms with Crippen LogP contribution in [0.3, 0.4) is 0 Å². The minimum Gasteiger partial charge on any atom is -0.352 e. The lowest BCUT2D eigenvalue weighted by Gasteiger charge is -2.30. The van der Waals surface area contributed by atoms with Gasteiger partial charge in [-0.05, 0) is 25.0 Å². The molecule has 0 aromatic carbocycles. The Morgan fingerprint density at radius 2 is 2.21 bits per heavy atom. The number of urea groups is 1. The zero-order valence-corrected chi connectivity index (χ0v) is 13.3. The van der Waals surface area contributed by atoms with Crippen LogP contribution in [0.15, 0.2) is 36.8 Å². The van der Waals surface area contributed by atoms with E-state index >= 15 is 0 Å². The number of piperidine rings is 1. The van der Waals surface area contributed by atoms with Gasteiger partial charge < -0.3 is 16.0 Å². The van der Waals surface area contributed by atoms with E-state index in [2.05, 4.69) is 15.4 Å². The van der Waals surface area contributed by atoms with Gasteiger partial charge in [-0.3, -0.25) is 4.79 Å². The lowest BCUT2D eigenvalue weighted by atomic mass is 9.97. The Kier molecular flexibility index (Phi) is 4.74. The summed E-state index contributed by atoms with van der Waals surface area (Å²) in [5.41, 5.74) is 6.18. The maximum atomic E-state index is 12.4. The normalized spacial score (nSPS) is 17.5. The van der Waals surface area contributed by atoms with Crippen molar-refractivity contribution in [2.24, 2.45) is 11.7 Å². The number of aromatic nitrogens is 3. The van der Waals surface area contributed by atoms with E-state index in [-0.39, 0.29) is 11.8 Å². The molecule has 126 valence electrons. The van der Waals surface area contributed by atoms with E-state index in [9.17, 15) is 9.59 Å². The highest BCUT2D eigenvalue weighted by atomic mass is 16.2. The summed E-state index contributed by atoms with van der Waals surface area (Å²) in [6.45, 7) is 1.35. The average Bonchev–Trinajstić information content (AvgIpc) is 3.14. The van der Waals surface area contributed by atoms with Crippen LogP contribution in [0.2, 0.25) is 0 Å². The first-order valence-corrected chi connectivity index (χ1v) is 7.91. The second-order valence-electron chi connectivity index (χ2n) is 5.78. The number of rotatable bonds is 4. The molecule has 8 heteroatoms. The third-order valence-electron chi connectivity index (χ3n) is 4.15. The molecule has 1 fully saturated rings. The van der Waals surface area contributed by atoms with E-state index in [1.807, 2.05) is 18.2 Å². The lowest BCUT2D eigenvalue weighted by molar-refractivity contribution is -0.126. The largest absolute Gasteiger partial charge is 0.352 e. The molecule has 0 bridgehead atoms. The maximum Gasteiger partial charge on any atom is 0.314 e. The van der Waals surface area contributed by atoms with Crippen molar-refractivity contribution in [3.05, 3.63) is 42.4 Å². The number of pyridine rings is 1. The van der Waals surface area contributed by atoms with Gasteiger partial charge in [-0.2, -0.15) is 5.10 Å². The van der Waals surface area contributed by atoms with E-state index in [1.54, 1.807) is 23.3 Å². The molecule has 3 rings (SSSR count). The van der Waals surface area contributed by atoms with Gasteiger partial charge in [0.15, 0.2) is 5.82 Å². The van der Waals surface area contributed by atoms with Crippen molar-refractivity contribution in [1.29, 1.82) is 0 Å². The van der Waals surface area contributed by atoms with E-state index in [1.165, 1.54) is 4.90 Å². The summed E-state index contributed by atoms with van der Waals surface area (Å²) in [5, 5.41) is 7.11. The maximum absolute atomic E-state index is 12.4. The Morgan fingerprint density at radius 1 is 1.33 bits per heavy atom. The molecule has 2 aromatic heterocycles. The average molecular weight is 328 g/mol. The highest BCUT2D eigenvalue weighted by molar-refractivity contribution is 5.80. The van der Waals surface area contributed by atoms with Crippen LogP contribution in [-0.4, -0.2) is 44.7 Å². The van der Waals surface area contributed by atoms with Gasteiger partial charge in [0.25, 0.3) is 0 Å². The predicted molar refractivity (Wildman–Crippen MR) is 87.1 cm³/mol. The molecule has 3 N–H and O–H groups in total. The molecule has 1 saturated heterocycles. The highest BCUT2D eigenvalue weighted by Crippen LogP contribution is 2.17. The van der Waals surface area contributed by atoms with Gasteiger partial charge in [0.1, 0.15) is 0 Å². The van der Waals surface area contributed by atoms with Crippen molar-refractivity contribution in [2.45, 2.75) is 19.4 Å². The van der Waals surface area contributed by atoms with Crippen LogP contribution in [0.25, 0.3) is 5.82 Å². The molecule has 1 aliphatic rings. The van der Waals surface area contributed by atoms with Crippen LogP contribution in [0.5, 0.6) is 0 Å². The summed E-state index contributed by atoms with van der Waals surface area (Å²) in [4.78, 5) is 29.5. The molecule has 3 amide bonds. The Balaban J connectivity index is 1.64. The van der Waals surface area contributed by atoms with Gasteiger partial charge in [-0.1, -0.05) is 6.07 Å². The molecule has 3 heterocycles. The van der Waals surface area contributed by atoms with E-state index in [4.69, 9.17) is 5.73 Å². The summed E-state index contributed by atoms with van der Waals surface area (Å²) in [7, 11) is 0. The highest BCUT2D eigenvalue weighted by Gasteiger charge is 2.27. The minimum absolute atomic E-state index is 0.0729. The van der Waals surface area contributed by atoms with Crippen molar-refractivity contribution in [1.82, 2.24) is 25.0 Å². The number of nitrogens with one attached hydrogen (secondary N) is 1. The Hall–Kier alpha value is -2.90.